The summed E-state index contributed by atoms with van der Waals surface area (Å²) < 4.78 is 0. The van der Waals surface area contributed by atoms with E-state index in [1.54, 1.807) is 0 Å². The number of carboxylic acids is 3. The van der Waals surface area contributed by atoms with Gasteiger partial charge in [0.2, 0.25) is 0 Å². The fraction of sp³-hybridized carbons (Fsp3) is 0.500. The Morgan fingerprint density at radius 2 is 1.07 bits per heavy atom. The Morgan fingerprint density at radius 1 is 0.867 bits per heavy atom. The molecule has 0 atom stereocenters. The van der Waals surface area contributed by atoms with Crippen molar-refractivity contribution >= 4 is 17.9 Å². The van der Waals surface area contributed by atoms with Crippen molar-refractivity contribution in [3.05, 3.63) is 0 Å². The van der Waals surface area contributed by atoms with Crippen molar-refractivity contribution in [1.29, 1.82) is 0 Å². The first-order valence-electron chi connectivity index (χ1n) is 3.29. The van der Waals surface area contributed by atoms with Gasteiger partial charge in [-0.2, -0.15) is 0 Å². The molecule has 0 saturated carbocycles. The van der Waals surface area contributed by atoms with Crippen molar-refractivity contribution in [3.63, 3.8) is 0 Å². The minimum atomic E-state index is -1.26. The number of carbonyl (C=O) groups is 3. The van der Waals surface area contributed by atoms with Crippen molar-refractivity contribution in [2.45, 2.75) is 0 Å². The van der Waals surface area contributed by atoms with E-state index in [-0.39, 0.29) is 36.5 Å². The molecule has 0 heterocycles. The van der Waals surface area contributed by atoms with E-state index in [1.807, 2.05) is 0 Å². The maximum atomic E-state index is 10.1. The molecule has 0 aliphatic carbocycles. The molecule has 0 aromatic heterocycles. The zero-order valence-electron chi connectivity index (χ0n) is 9.13. The second-order valence-electron chi connectivity index (χ2n) is 2.33. The molecule has 0 rings (SSSR count). The maximum absolute atomic E-state index is 10.1. The van der Waals surface area contributed by atoms with E-state index in [9.17, 15) is 14.4 Å². The van der Waals surface area contributed by atoms with Crippen LogP contribution >= 0.6 is 0 Å². The average molecular weight is 233 g/mol. The van der Waals surface area contributed by atoms with Gasteiger partial charge >= 0.3 is 47.5 Å². The van der Waals surface area contributed by atoms with Crippen molar-refractivity contribution in [2.24, 2.45) is 0 Å². The summed E-state index contributed by atoms with van der Waals surface area (Å²) in [4.78, 5) is 31.2. The number of carboxylic acid groups (broad SMARTS) is 3. The van der Waals surface area contributed by atoms with Crippen LogP contribution < -0.4 is 29.6 Å². The zero-order chi connectivity index (χ0) is 10.4. The fourth-order valence-corrected chi connectivity index (χ4v) is 0.742. The van der Waals surface area contributed by atoms with Gasteiger partial charge < -0.3 is 22.2 Å². The van der Waals surface area contributed by atoms with Gasteiger partial charge in [0.15, 0.2) is 0 Å². The van der Waals surface area contributed by atoms with Crippen LogP contribution in [0.5, 0.6) is 0 Å². The van der Waals surface area contributed by atoms with E-state index in [0.29, 0.717) is 0 Å². The minimum absolute atomic E-state index is 0. The van der Waals surface area contributed by atoms with Crippen LogP contribution in [-0.2, 0) is 14.4 Å². The van der Waals surface area contributed by atoms with Crippen molar-refractivity contribution in [1.82, 2.24) is 4.90 Å². The predicted molar refractivity (Wildman–Crippen MR) is 44.1 cm³/mol. The molecule has 15 heavy (non-hydrogen) atoms. The van der Waals surface area contributed by atoms with Crippen LogP contribution in [0.2, 0.25) is 0 Å². The number of hydrogen-bond acceptors (Lipinski definition) is 4. The molecule has 0 aromatic rings. The normalized spacial score (nSPS) is 8.60. The van der Waals surface area contributed by atoms with Crippen LogP contribution in [0, 0.1) is 0 Å². The van der Waals surface area contributed by atoms with Gasteiger partial charge in [-0.1, -0.05) is 0 Å². The van der Waals surface area contributed by atoms with E-state index >= 15 is 0 Å². The Hall–Kier alpha value is -0.670. The summed E-state index contributed by atoms with van der Waals surface area (Å²) in [6, 6.07) is 0. The molecule has 84 valence electrons. The van der Waals surface area contributed by atoms with E-state index < -0.39 is 37.5 Å². The molecule has 0 fully saturated rings. The molecular weight excluding hydrogens is 221 g/mol. The molecule has 0 aliphatic rings. The van der Waals surface area contributed by atoms with Gasteiger partial charge in [-0.3, -0.25) is 19.3 Å². The monoisotopic (exact) mass is 233 g/mol. The zero-order valence-corrected chi connectivity index (χ0v) is 10.1. The molecule has 0 spiro atoms. The Labute approximate surface area is 109 Å². The number of rotatable bonds is 6. The topological polar surface area (TPSA) is 147 Å². The van der Waals surface area contributed by atoms with Gasteiger partial charge in [-0.05, 0) is 0 Å². The summed E-state index contributed by atoms with van der Waals surface area (Å²) in [6.07, 6.45) is 0. The molecule has 0 aliphatic heterocycles. The summed E-state index contributed by atoms with van der Waals surface area (Å²) in [5, 5.41) is 24.8. The average Bonchev–Trinajstić information content (AvgIpc) is 1.80. The van der Waals surface area contributed by atoms with Crippen LogP contribution in [-0.4, -0.2) is 63.2 Å². The van der Waals surface area contributed by atoms with Gasteiger partial charge in [0.25, 0.3) is 0 Å². The first-order valence-corrected chi connectivity index (χ1v) is 3.29. The standard InChI is InChI=1S/C6H9NO6.Na.H2O.H/c8-4(9)1-7(2-5(10)11)3-6(12)13;;;/h1-3H2,(H,8,9)(H,10,11)(H,12,13);;1H2;/q;+1;;-1. The van der Waals surface area contributed by atoms with Gasteiger partial charge in [-0.15, -0.1) is 0 Å². The molecule has 0 bridgehead atoms. The van der Waals surface area contributed by atoms with Crippen LogP contribution in [0.25, 0.3) is 0 Å². The molecule has 0 radical (unpaired) electrons. The van der Waals surface area contributed by atoms with Crippen LogP contribution in [0.4, 0.5) is 0 Å². The minimum Gasteiger partial charge on any atom is -1.00 e. The molecule has 0 amide bonds. The summed E-state index contributed by atoms with van der Waals surface area (Å²) >= 11 is 0. The van der Waals surface area contributed by atoms with E-state index in [2.05, 4.69) is 0 Å². The van der Waals surface area contributed by atoms with Crippen LogP contribution in [0.15, 0.2) is 0 Å². The summed E-state index contributed by atoms with van der Waals surface area (Å²) in [5.41, 5.74) is 0. The molecule has 0 aromatic carbocycles. The second kappa shape index (κ2) is 9.87. The van der Waals surface area contributed by atoms with Crippen molar-refractivity contribution < 1.29 is 66.2 Å². The molecule has 8 nitrogen and oxygen atoms in total. The number of aliphatic carboxylic acids is 3. The smallest absolute Gasteiger partial charge is 1.00 e. The molecular formula is C6H12NNaO7. The largest absolute Gasteiger partial charge is 1.00 e. The molecule has 0 saturated heterocycles. The van der Waals surface area contributed by atoms with Crippen molar-refractivity contribution in [3.8, 4) is 0 Å². The summed E-state index contributed by atoms with van der Waals surface area (Å²) in [6.45, 7) is -1.80. The molecule has 5 N–H and O–H groups in total. The van der Waals surface area contributed by atoms with Crippen LogP contribution in [0.1, 0.15) is 1.43 Å². The fourth-order valence-electron chi connectivity index (χ4n) is 0.742. The molecule has 0 unspecified atom stereocenters. The van der Waals surface area contributed by atoms with E-state index in [4.69, 9.17) is 15.3 Å². The third-order valence-corrected chi connectivity index (χ3v) is 1.08. The van der Waals surface area contributed by atoms with Crippen LogP contribution in [0.3, 0.4) is 0 Å². The molecule has 9 heteroatoms. The van der Waals surface area contributed by atoms with E-state index in [0.717, 1.165) is 4.90 Å². The third-order valence-electron chi connectivity index (χ3n) is 1.08. The Morgan fingerprint density at radius 3 is 1.20 bits per heavy atom. The first kappa shape index (κ1) is 19.8. The number of nitrogens with zero attached hydrogens (tertiary/aromatic N) is 1. The van der Waals surface area contributed by atoms with E-state index in [1.165, 1.54) is 0 Å². The maximum Gasteiger partial charge on any atom is 1.00 e. The second-order valence-corrected chi connectivity index (χ2v) is 2.33. The van der Waals surface area contributed by atoms with Crippen molar-refractivity contribution in [2.75, 3.05) is 19.6 Å². The third kappa shape index (κ3) is 13.3. The summed E-state index contributed by atoms with van der Waals surface area (Å²) in [7, 11) is 0. The quantitative estimate of drug-likeness (QED) is 0.388. The Kier molecular flexibility index (Phi) is 13.1. The van der Waals surface area contributed by atoms with Gasteiger partial charge in [-0.25, -0.2) is 0 Å². The summed E-state index contributed by atoms with van der Waals surface area (Å²) in [5.74, 6) is -3.78. The van der Waals surface area contributed by atoms with Gasteiger partial charge in [0.1, 0.15) is 0 Å². The Bertz CT molecular complexity index is 199. The predicted octanol–water partition coefficient (Wildman–Crippen LogP) is -5.17. The number of hydrogen-bond donors (Lipinski definition) is 3. The van der Waals surface area contributed by atoms with Gasteiger partial charge in [0.05, 0.1) is 19.6 Å². The SMILES string of the molecule is O.O=C(O)CN(CC(=O)O)CC(=O)O.[H-].[Na+]. The first-order chi connectivity index (χ1) is 5.91. The van der Waals surface area contributed by atoms with Gasteiger partial charge in [0, 0.05) is 0 Å². The Balaban J connectivity index is -0.000000240.